The first-order chi connectivity index (χ1) is 9.81. The predicted molar refractivity (Wildman–Crippen MR) is 81.1 cm³/mol. The Bertz CT molecular complexity index is 578. The molecule has 2 unspecified atom stereocenters. The van der Waals surface area contributed by atoms with Crippen molar-refractivity contribution >= 4 is 11.0 Å². The summed E-state index contributed by atoms with van der Waals surface area (Å²) in [5.41, 5.74) is 3.54. The molecule has 2 heterocycles. The van der Waals surface area contributed by atoms with Gasteiger partial charge in [0.2, 0.25) is 0 Å². The molecule has 3 rings (SSSR count). The van der Waals surface area contributed by atoms with Crippen LogP contribution in [-0.2, 0) is 11.2 Å². The van der Waals surface area contributed by atoms with Crippen LogP contribution in [0.15, 0.2) is 18.2 Å². The molecule has 108 valence electrons. The van der Waals surface area contributed by atoms with Crippen LogP contribution in [-0.4, -0.2) is 35.8 Å². The average Bonchev–Trinajstić information content (AvgIpc) is 3.09. The largest absolute Gasteiger partial charge is 0.379 e. The summed E-state index contributed by atoms with van der Waals surface area (Å²) < 4.78 is 5.64. The van der Waals surface area contributed by atoms with Gasteiger partial charge in [0, 0.05) is 6.04 Å². The zero-order valence-corrected chi connectivity index (χ0v) is 12.3. The molecule has 2 aromatic rings. The number of benzene rings is 1. The summed E-state index contributed by atoms with van der Waals surface area (Å²) in [5.74, 6) is 1.39. The number of hydrogen-bond acceptors (Lipinski definition) is 3. The summed E-state index contributed by atoms with van der Waals surface area (Å²) in [6.07, 6.45) is 2.20. The molecule has 1 aliphatic rings. The minimum atomic E-state index is 0.332. The molecule has 1 aliphatic heterocycles. The number of nitrogens with one attached hydrogen (secondary N) is 2. The van der Waals surface area contributed by atoms with Gasteiger partial charge in [-0.3, -0.25) is 0 Å². The van der Waals surface area contributed by atoms with Crippen molar-refractivity contribution in [2.45, 2.75) is 38.6 Å². The number of aromatic amines is 1. The second kappa shape index (κ2) is 5.94. The molecule has 1 saturated heterocycles. The number of aromatic nitrogens is 2. The van der Waals surface area contributed by atoms with Crippen LogP contribution in [0.4, 0.5) is 0 Å². The topological polar surface area (TPSA) is 49.9 Å². The summed E-state index contributed by atoms with van der Waals surface area (Å²) in [6.45, 7) is 6.92. The van der Waals surface area contributed by atoms with Gasteiger partial charge in [0.15, 0.2) is 0 Å². The number of hydrogen-bond donors (Lipinski definition) is 2. The van der Waals surface area contributed by atoms with Gasteiger partial charge in [-0.05, 0) is 37.1 Å². The van der Waals surface area contributed by atoms with E-state index in [9.17, 15) is 0 Å². The van der Waals surface area contributed by atoms with Crippen molar-refractivity contribution in [2.75, 3.05) is 19.8 Å². The third-order valence-corrected chi connectivity index (χ3v) is 4.06. The summed E-state index contributed by atoms with van der Waals surface area (Å²) >= 11 is 0. The Hall–Kier alpha value is -1.39. The minimum absolute atomic E-state index is 0.332. The van der Waals surface area contributed by atoms with Gasteiger partial charge in [0.1, 0.15) is 5.82 Å². The summed E-state index contributed by atoms with van der Waals surface area (Å²) in [7, 11) is 0. The van der Waals surface area contributed by atoms with E-state index in [0.717, 1.165) is 49.5 Å². The highest BCUT2D eigenvalue weighted by atomic mass is 16.5. The van der Waals surface area contributed by atoms with E-state index in [4.69, 9.17) is 9.72 Å². The van der Waals surface area contributed by atoms with Crippen molar-refractivity contribution in [2.24, 2.45) is 0 Å². The van der Waals surface area contributed by atoms with E-state index in [1.165, 1.54) is 5.56 Å². The molecule has 4 nitrogen and oxygen atoms in total. The summed E-state index contributed by atoms with van der Waals surface area (Å²) in [5, 5.41) is 3.56. The Kier molecular flexibility index (Phi) is 4.03. The van der Waals surface area contributed by atoms with Gasteiger partial charge in [-0.15, -0.1) is 0 Å². The van der Waals surface area contributed by atoms with Gasteiger partial charge in [0.25, 0.3) is 0 Å². The standard InChI is InChI=1S/C16H23N3O/c1-3-7-17-15-10-20-9-12(15)16-18-13-6-5-11(4-2)8-14(13)19-16/h5-6,8,12,15,17H,3-4,7,9-10H2,1-2H3,(H,18,19). The molecule has 1 fully saturated rings. The van der Waals surface area contributed by atoms with Crippen molar-refractivity contribution in [1.29, 1.82) is 0 Å². The molecule has 0 aliphatic carbocycles. The van der Waals surface area contributed by atoms with Crippen molar-refractivity contribution < 1.29 is 4.74 Å². The Morgan fingerprint density at radius 3 is 3.05 bits per heavy atom. The van der Waals surface area contributed by atoms with Crippen molar-refractivity contribution in [3.05, 3.63) is 29.6 Å². The van der Waals surface area contributed by atoms with E-state index in [1.807, 2.05) is 0 Å². The fourth-order valence-electron chi connectivity index (χ4n) is 2.83. The zero-order chi connectivity index (χ0) is 13.9. The van der Waals surface area contributed by atoms with Gasteiger partial charge >= 0.3 is 0 Å². The molecule has 2 N–H and O–H groups in total. The molecule has 0 saturated carbocycles. The smallest absolute Gasteiger partial charge is 0.114 e. The predicted octanol–water partition coefficient (Wildman–Crippen LogP) is 2.61. The van der Waals surface area contributed by atoms with Crippen LogP contribution in [0, 0.1) is 0 Å². The van der Waals surface area contributed by atoms with Crippen LogP contribution in [0.2, 0.25) is 0 Å². The molecule has 0 spiro atoms. The first-order valence-corrected chi connectivity index (χ1v) is 7.61. The number of imidazole rings is 1. The number of rotatable bonds is 5. The van der Waals surface area contributed by atoms with Crippen LogP contribution in [0.5, 0.6) is 0 Å². The van der Waals surface area contributed by atoms with Crippen LogP contribution < -0.4 is 5.32 Å². The lowest BCUT2D eigenvalue weighted by atomic mass is 10.0. The maximum atomic E-state index is 5.64. The highest BCUT2D eigenvalue weighted by Crippen LogP contribution is 2.26. The monoisotopic (exact) mass is 273 g/mol. The second-order valence-electron chi connectivity index (χ2n) is 5.53. The van der Waals surface area contributed by atoms with E-state index < -0.39 is 0 Å². The molecular weight excluding hydrogens is 250 g/mol. The van der Waals surface area contributed by atoms with Gasteiger partial charge < -0.3 is 15.0 Å². The number of fused-ring (bicyclic) bond motifs is 1. The SMILES string of the molecule is CCCNC1COCC1c1nc2ccc(CC)cc2[nH]1. The molecule has 2 atom stereocenters. The zero-order valence-electron chi connectivity index (χ0n) is 12.3. The number of ether oxygens (including phenoxy) is 1. The van der Waals surface area contributed by atoms with Gasteiger partial charge in [-0.25, -0.2) is 4.98 Å². The Balaban J connectivity index is 1.85. The molecule has 0 amide bonds. The fraction of sp³-hybridized carbons (Fsp3) is 0.562. The summed E-state index contributed by atoms with van der Waals surface area (Å²) in [4.78, 5) is 8.24. The lowest BCUT2D eigenvalue weighted by Crippen LogP contribution is -2.35. The minimum Gasteiger partial charge on any atom is -0.379 e. The number of aryl methyl sites for hydroxylation is 1. The van der Waals surface area contributed by atoms with Crippen LogP contribution in [0.3, 0.4) is 0 Å². The molecule has 20 heavy (non-hydrogen) atoms. The van der Waals surface area contributed by atoms with Gasteiger partial charge in [0.05, 0.1) is 30.2 Å². The lowest BCUT2D eigenvalue weighted by molar-refractivity contribution is 0.187. The van der Waals surface area contributed by atoms with Gasteiger partial charge in [-0.2, -0.15) is 0 Å². The van der Waals surface area contributed by atoms with Crippen LogP contribution in [0.25, 0.3) is 11.0 Å². The average molecular weight is 273 g/mol. The van der Waals surface area contributed by atoms with E-state index in [-0.39, 0.29) is 0 Å². The highest BCUT2D eigenvalue weighted by Gasteiger charge is 2.31. The lowest BCUT2D eigenvalue weighted by Gasteiger charge is -2.16. The van der Waals surface area contributed by atoms with Gasteiger partial charge in [-0.1, -0.05) is 19.9 Å². The third-order valence-electron chi connectivity index (χ3n) is 4.06. The van der Waals surface area contributed by atoms with Crippen molar-refractivity contribution in [1.82, 2.24) is 15.3 Å². The van der Waals surface area contributed by atoms with E-state index in [2.05, 4.69) is 42.3 Å². The normalized spacial score (nSPS) is 22.7. The van der Waals surface area contributed by atoms with Crippen LogP contribution >= 0.6 is 0 Å². The quantitative estimate of drug-likeness (QED) is 0.880. The maximum absolute atomic E-state index is 5.64. The Morgan fingerprint density at radius 1 is 1.35 bits per heavy atom. The maximum Gasteiger partial charge on any atom is 0.114 e. The first-order valence-electron chi connectivity index (χ1n) is 7.61. The summed E-state index contributed by atoms with van der Waals surface area (Å²) in [6, 6.07) is 6.85. The Morgan fingerprint density at radius 2 is 2.25 bits per heavy atom. The van der Waals surface area contributed by atoms with Crippen molar-refractivity contribution in [3.63, 3.8) is 0 Å². The van der Waals surface area contributed by atoms with E-state index >= 15 is 0 Å². The molecule has 4 heteroatoms. The molecular formula is C16H23N3O. The number of nitrogens with zero attached hydrogens (tertiary/aromatic N) is 1. The molecule has 1 aromatic carbocycles. The first kappa shape index (κ1) is 13.6. The molecule has 0 radical (unpaired) electrons. The second-order valence-corrected chi connectivity index (χ2v) is 5.53. The van der Waals surface area contributed by atoms with E-state index in [0.29, 0.717) is 12.0 Å². The molecule has 1 aromatic heterocycles. The van der Waals surface area contributed by atoms with Crippen LogP contribution in [0.1, 0.15) is 37.6 Å². The third kappa shape index (κ3) is 2.58. The van der Waals surface area contributed by atoms with Crippen molar-refractivity contribution in [3.8, 4) is 0 Å². The molecule has 0 bridgehead atoms. The number of H-pyrrole nitrogens is 1. The Labute approximate surface area is 119 Å². The highest BCUT2D eigenvalue weighted by molar-refractivity contribution is 5.76. The fourth-order valence-corrected chi connectivity index (χ4v) is 2.83. The van der Waals surface area contributed by atoms with E-state index in [1.54, 1.807) is 0 Å².